The van der Waals surface area contributed by atoms with Crippen molar-refractivity contribution in [2.45, 2.75) is 17.7 Å². The fraction of sp³-hybridized carbons (Fsp3) is 0.294. The Morgan fingerprint density at radius 2 is 1.86 bits per heavy atom. The average molecular weight is 438 g/mol. The van der Waals surface area contributed by atoms with Crippen molar-refractivity contribution in [1.29, 1.82) is 0 Å². The highest BCUT2D eigenvalue weighted by Crippen LogP contribution is 2.26. The predicted octanol–water partition coefficient (Wildman–Crippen LogP) is 2.42. The summed E-state index contributed by atoms with van der Waals surface area (Å²) >= 11 is 5.82. The molecule has 1 aliphatic heterocycles. The predicted molar refractivity (Wildman–Crippen MR) is 101 cm³/mol. The first-order valence-corrected chi connectivity index (χ1v) is 10.6. The smallest absolute Gasteiger partial charge is 0.322 e. The van der Waals surface area contributed by atoms with Crippen LogP contribution in [0.5, 0.6) is 0 Å². The molecule has 1 aromatic carbocycles. The number of carbonyl (C=O) groups excluding carboxylic acids is 1. The Kier molecular flexibility index (Phi) is 5.35. The highest BCUT2D eigenvalue weighted by molar-refractivity contribution is 7.89. The van der Waals surface area contributed by atoms with Crippen LogP contribution < -0.4 is 5.32 Å². The van der Waals surface area contributed by atoms with Crippen molar-refractivity contribution in [2.24, 2.45) is 5.92 Å². The van der Waals surface area contributed by atoms with Gasteiger partial charge in [-0.15, -0.1) is 5.10 Å². The molecule has 1 fully saturated rings. The van der Waals surface area contributed by atoms with Crippen LogP contribution in [0.25, 0.3) is 11.7 Å². The Bertz CT molecular complexity index is 1090. The molecule has 0 saturated carbocycles. The molecule has 3 heterocycles. The maximum Gasteiger partial charge on any atom is 0.322 e. The number of aromatic nitrogens is 3. The molecule has 3 aromatic rings. The van der Waals surface area contributed by atoms with Crippen molar-refractivity contribution in [2.75, 3.05) is 18.4 Å². The molecule has 0 bridgehead atoms. The summed E-state index contributed by atoms with van der Waals surface area (Å²) in [6.07, 6.45) is 2.19. The van der Waals surface area contributed by atoms with E-state index in [1.807, 2.05) is 0 Å². The summed E-state index contributed by atoms with van der Waals surface area (Å²) in [6.45, 7) is 0.465. The van der Waals surface area contributed by atoms with E-state index >= 15 is 0 Å². The fourth-order valence-electron chi connectivity index (χ4n) is 3.02. The van der Waals surface area contributed by atoms with Crippen LogP contribution in [0.3, 0.4) is 0 Å². The minimum Gasteiger partial charge on any atom is -0.400 e. The number of anilines is 1. The maximum absolute atomic E-state index is 12.7. The molecule has 1 aliphatic rings. The Morgan fingerprint density at radius 3 is 2.52 bits per heavy atom. The zero-order valence-electron chi connectivity index (χ0n) is 15.0. The van der Waals surface area contributed by atoms with Crippen LogP contribution in [-0.2, 0) is 14.8 Å². The third kappa shape index (κ3) is 4.16. The van der Waals surface area contributed by atoms with E-state index in [2.05, 4.69) is 20.7 Å². The quantitative estimate of drug-likeness (QED) is 0.643. The van der Waals surface area contributed by atoms with Gasteiger partial charge in [-0.2, -0.15) is 4.31 Å². The Labute approximate surface area is 170 Å². The van der Waals surface area contributed by atoms with Gasteiger partial charge in [0.05, 0.1) is 11.1 Å². The van der Waals surface area contributed by atoms with Gasteiger partial charge in [0.15, 0.2) is 0 Å². The minimum absolute atomic E-state index is 0.0578. The molecule has 4 rings (SSSR count). The van der Waals surface area contributed by atoms with E-state index < -0.39 is 10.0 Å². The summed E-state index contributed by atoms with van der Waals surface area (Å²) in [6, 6.07) is 7.50. The van der Waals surface area contributed by atoms with Gasteiger partial charge in [0.2, 0.25) is 21.7 Å². The number of hydrogen-bond donors (Lipinski definition) is 1. The molecule has 1 saturated heterocycles. The molecule has 0 atom stereocenters. The van der Waals surface area contributed by atoms with Crippen molar-refractivity contribution in [3.8, 4) is 11.7 Å². The standard InChI is InChI=1S/C17H16ClN5O5S/c18-12-1-3-13(4-2-12)29(25,26)23-9-6-11(7-10-23)15(24)20-17-22-21-16(27-17)14-5-8-19-28-14/h1-5,8,11H,6-7,9-10H2,(H,20,22,24). The normalized spacial score (nSPS) is 16.0. The first kappa shape index (κ1) is 19.6. The number of hydrogen-bond acceptors (Lipinski definition) is 8. The number of nitrogens with one attached hydrogen (secondary N) is 1. The van der Waals surface area contributed by atoms with Crippen LogP contribution in [0.15, 0.2) is 50.4 Å². The zero-order valence-corrected chi connectivity index (χ0v) is 16.6. The van der Waals surface area contributed by atoms with Gasteiger partial charge < -0.3 is 8.94 Å². The molecular weight excluding hydrogens is 422 g/mol. The Balaban J connectivity index is 1.35. The van der Waals surface area contributed by atoms with Crippen LogP contribution >= 0.6 is 11.6 Å². The second kappa shape index (κ2) is 7.93. The maximum atomic E-state index is 12.7. The first-order chi connectivity index (χ1) is 13.9. The Morgan fingerprint density at radius 1 is 1.14 bits per heavy atom. The van der Waals surface area contributed by atoms with Gasteiger partial charge in [-0.05, 0) is 37.1 Å². The molecule has 152 valence electrons. The van der Waals surface area contributed by atoms with Crippen LogP contribution in [0.4, 0.5) is 6.01 Å². The number of benzene rings is 1. The molecule has 0 spiro atoms. The monoisotopic (exact) mass is 437 g/mol. The third-order valence-corrected chi connectivity index (χ3v) is 6.74. The lowest BCUT2D eigenvalue weighted by Crippen LogP contribution is -2.41. The van der Waals surface area contributed by atoms with Gasteiger partial charge in [-0.25, -0.2) is 8.42 Å². The lowest BCUT2D eigenvalue weighted by atomic mass is 9.97. The number of sulfonamides is 1. The number of rotatable bonds is 5. The largest absolute Gasteiger partial charge is 0.400 e. The molecular formula is C17H16ClN5O5S. The highest BCUT2D eigenvalue weighted by Gasteiger charge is 2.32. The first-order valence-electron chi connectivity index (χ1n) is 8.74. The van der Waals surface area contributed by atoms with E-state index in [4.69, 9.17) is 20.5 Å². The van der Waals surface area contributed by atoms with Gasteiger partial charge in [0.25, 0.3) is 5.89 Å². The van der Waals surface area contributed by atoms with E-state index in [9.17, 15) is 13.2 Å². The van der Waals surface area contributed by atoms with E-state index in [0.717, 1.165) is 0 Å². The second-order valence-electron chi connectivity index (χ2n) is 6.41. The van der Waals surface area contributed by atoms with Crippen LogP contribution in [0.1, 0.15) is 12.8 Å². The number of amides is 1. The molecule has 12 heteroatoms. The van der Waals surface area contributed by atoms with Crippen molar-refractivity contribution in [3.63, 3.8) is 0 Å². The number of halogens is 1. The molecule has 0 radical (unpaired) electrons. The van der Waals surface area contributed by atoms with Crippen molar-refractivity contribution in [3.05, 3.63) is 41.6 Å². The SMILES string of the molecule is O=C(Nc1nnc(-c2ccno2)o1)C1CCN(S(=O)(=O)c2ccc(Cl)cc2)CC1. The Hall–Kier alpha value is -2.76. The van der Waals surface area contributed by atoms with Gasteiger partial charge >= 0.3 is 6.01 Å². The van der Waals surface area contributed by atoms with Crippen molar-refractivity contribution >= 4 is 33.5 Å². The van der Waals surface area contributed by atoms with Crippen LogP contribution in [0.2, 0.25) is 5.02 Å². The van der Waals surface area contributed by atoms with E-state index in [-0.39, 0.29) is 41.7 Å². The summed E-state index contributed by atoms with van der Waals surface area (Å²) in [5.74, 6) is -0.283. The average Bonchev–Trinajstić information content (AvgIpc) is 3.40. The molecule has 10 nitrogen and oxygen atoms in total. The lowest BCUT2D eigenvalue weighted by Gasteiger charge is -2.30. The molecule has 0 aliphatic carbocycles. The van der Waals surface area contributed by atoms with Crippen LogP contribution in [-0.4, -0.2) is 47.1 Å². The van der Waals surface area contributed by atoms with Crippen molar-refractivity contribution < 1.29 is 22.2 Å². The minimum atomic E-state index is -3.62. The second-order valence-corrected chi connectivity index (χ2v) is 8.78. The number of carbonyl (C=O) groups is 1. The van der Waals surface area contributed by atoms with E-state index in [0.29, 0.717) is 23.6 Å². The topological polar surface area (TPSA) is 131 Å². The molecule has 29 heavy (non-hydrogen) atoms. The van der Waals surface area contributed by atoms with Gasteiger partial charge in [-0.1, -0.05) is 21.9 Å². The molecule has 1 amide bonds. The van der Waals surface area contributed by atoms with Gasteiger partial charge in [0.1, 0.15) is 0 Å². The lowest BCUT2D eigenvalue weighted by molar-refractivity contribution is -0.121. The molecule has 2 aromatic heterocycles. The zero-order chi connectivity index (χ0) is 20.4. The summed E-state index contributed by atoms with van der Waals surface area (Å²) in [5.41, 5.74) is 0. The summed E-state index contributed by atoms with van der Waals surface area (Å²) < 4.78 is 37.0. The summed E-state index contributed by atoms with van der Waals surface area (Å²) in [5, 5.41) is 14.1. The fourth-order valence-corrected chi connectivity index (χ4v) is 4.62. The number of piperidine rings is 1. The van der Waals surface area contributed by atoms with Gasteiger partial charge in [-0.3, -0.25) is 10.1 Å². The van der Waals surface area contributed by atoms with Crippen LogP contribution in [0, 0.1) is 5.92 Å². The third-order valence-electron chi connectivity index (χ3n) is 4.58. The van der Waals surface area contributed by atoms with E-state index in [1.165, 1.54) is 34.8 Å². The van der Waals surface area contributed by atoms with Crippen molar-refractivity contribution in [1.82, 2.24) is 19.7 Å². The van der Waals surface area contributed by atoms with E-state index in [1.54, 1.807) is 6.07 Å². The van der Waals surface area contributed by atoms with Gasteiger partial charge in [0, 0.05) is 30.1 Å². The molecule has 0 unspecified atom stereocenters. The number of nitrogens with zero attached hydrogens (tertiary/aromatic N) is 4. The highest BCUT2D eigenvalue weighted by atomic mass is 35.5. The summed E-state index contributed by atoms with van der Waals surface area (Å²) in [7, 11) is -3.62. The molecule has 1 N–H and O–H groups in total. The summed E-state index contributed by atoms with van der Waals surface area (Å²) in [4.78, 5) is 12.6.